The number of Topliss-reactive ketones (excluding diaryl/α,β-unsaturated/α-hetero) is 1. The summed E-state index contributed by atoms with van der Waals surface area (Å²) >= 11 is 1.25. The van der Waals surface area contributed by atoms with Crippen molar-refractivity contribution in [2.45, 2.75) is 85.4 Å². The molecule has 1 aromatic heterocycles. The molecule has 0 unspecified atom stereocenters. The Labute approximate surface area is 222 Å². The number of carbonyl (C=O) groups excluding carboxylic acids is 2. The maximum Gasteiger partial charge on any atom is 0.341 e. The minimum absolute atomic E-state index is 0.00587. The summed E-state index contributed by atoms with van der Waals surface area (Å²) in [5.74, 6) is -1.45. The number of ether oxygens (including phenoxy) is 3. The van der Waals surface area contributed by atoms with Crippen LogP contribution in [0.5, 0.6) is 0 Å². The SMILES string of the molecule is CC1=C[C@]23C(=O)[C@@H](C=C4COC(C)(C)O[C@H]4[C@]2(O)[C@H]1OC(=O)c1c(C)nsc1C)[C@H]1[C@@H](C[C@H]3C)C1(C)C. The summed E-state index contributed by atoms with van der Waals surface area (Å²) in [6, 6.07) is 0. The smallest absolute Gasteiger partial charge is 0.341 e. The third kappa shape index (κ3) is 3.13. The van der Waals surface area contributed by atoms with Gasteiger partial charge in [-0.3, -0.25) is 4.79 Å². The molecule has 3 fully saturated rings. The summed E-state index contributed by atoms with van der Waals surface area (Å²) in [4.78, 5) is 29.0. The Morgan fingerprint density at radius 1 is 1.22 bits per heavy atom. The molecule has 6 rings (SSSR count). The lowest BCUT2D eigenvalue weighted by Crippen LogP contribution is -2.68. The highest BCUT2D eigenvalue weighted by molar-refractivity contribution is 7.06. The third-order valence-electron chi connectivity index (χ3n) is 10.1. The molecule has 1 aromatic rings. The largest absolute Gasteiger partial charge is 0.451 e. The van der Waals surface area contributed by atoms with E-state index in [1.54, 1.807) is 6.92 Å². The first-order chi connectivity index (χ1) is 17.2. The molecule has 0 radical (unpaired) electrons. The van der Waals surface area contributed by atoms with Crippen LogP contribution in [0.25, 0.3) is 0 Å². The Morgan fingerprint density at radius 3 is 2.57 bits per heavy atom. The lowest BCUT2D eigenvalue weighted by molar-refractivity contribution is -0.302. The Balaban J connectivity index is 1.53. The number of hydrogen-bond acceptors (Lipinski definition) is 8. The molecule has 2 bridgehead atoms. The number of aryl methyl sites for hydroxylation is 2. The fraction of sp³-hybridized carbons (Fsp3) is 0.690. The molecule has 0 amide bonds. The zero-order valence-electron chi connectivity index (χ0n) is 22.9. The van der Waals surface area contributed by atoms with E-state index in [1.165, 1.54) is 11.5 Å². The average Bonchev–Trinajstić information content (AvgIpc) is 3.09. The second-order valence-corrected chi connectivity index (χ2v) is 14.0. The van der Waals surface area contributed by atoms with Crippen LogP contribution in [0.2, 0.25) is 0 Å². The predicted octanol–water partition coefficient (Wildman–Crippen LogP) is 4.55. The zero-order valence-corrected chi connectivity index (χ0v) is 23.7. The minimum Gasteiger partial charge on any atom is -0.451 e. The van der Waals surface area contributed by atoms with E-state index in [1.807, 2.05) is 39.8 Å². The van der Waals surface area contributed by atoms with Crippen molar-refractivity contribution in [3.63, 3.8) is 0 Å². The molecule has 200 valence electrons. The molecule has 2 heterocycles. The predicted molar refractivity (Wildman–Crippen MR) is 138 cm³/mol. The molecule has 4 aliphatic carbocycles. The summed E-state index contributed by atoms with van der Waals surface area (Å²) in [6.45, 7) is 15.9. The van der Waals surface area contributed by atoms with Gasteiger partial charge in [0.25, 0.3) is 0 Å². The Kier molecular flexibility index (Phi) is 5.23. The number of allylic oxidation sites excluding steroid dienone is 1. The van der Waals surface area contributed by atoms with Gasteiger partial charge in [-0.1, -0.05) is 32.9 Å². The highest BCUT2D eigenvalue weighted by Gasteiger charge is 2.77. The van der Waals surface area contributed by atoms with Crippen molar-refractivity contribution in [1.82, 2.24) is 4.37 Å². The van der Waals surface area contributed by atoms with Gasteiger partial charge in [0.2, 0.25) is 0 Å². The highest BCUT2D eigenvalue weighted by atomic mass is 32.1. The van der Waals surface area contributed by atoms with Crippen LogP contribution >= 0.6 is 11.5 Å². The second-order valence-electron chi connectivity index (χ2n) is 13.0. The zero-order chi connectivity index (χ0) is 26.9. The topological polar surface area (TPSA) is 95.0 Å². The normalized spacial score (nSPS) is 42.9. The van der Waals surface area contributed by atoms with Crippen molar-refractivity contribution in [3.05, 3.63) is 39.4 Å². The van der Waals surface area contributed by atoms with Crippen LogP contribution in [-0.4, -0.2) is 51.4 Å². The monoisotopic (exact) mass is 527 g/mol. The molecule has 1 spiro atoms. The van der Waals surface area contributed by atoms with E-state index >= 15 is 0 Å². The van der Waals surface area contributed by atoms with E-state index in [-0.39, 0.29) is 35.6 Å². The summed E-state index contributed by atoms with van der Waals surface area (Å²) in [5, 5.41) is 13.0. The van der Waals surface area contributed by atoms with Crippen LogP contribution < -0.4 is 0 Å². The van der Waals surface area contributed by atoms with Gasteiger partial charge in [0.05, 0.1) is 23.3 Å². The van der Waals surface area contributed by atoms with Gasteiger partial charge in [-0.25, -0.2) is 4.79 Å². The Bertz CT molecular complexity index is 1260. The molecule has 0 aromatic carbocycles. The van der Waals surface area contributed by atoms with Gasteiger partial charge in [-0.05, 0) is 86.9 Å². The lowest BCUT2D eigenvalue weighted by atomic mass is 9.59. The van der Waals surface area contributed by atoms with Crippen LogP contribution in [-0.2, 0) is 19.0 Å². The van der Waals surface area contributed by atoms with Crippen LogP contribution in [0.4, 0.5) is 0 Å². The van der Waals surface area contributed by atoms with Gasteiger partial charge in [-0.2, -0.15) is 4.37 Å². The number of aromatic nitrogens is 1. The van der Waals surface area contributed by atoms with Crippen LogP contribution in [0.3, 0.4) is 0 Å². The van der Waals surface area contributed by atoms with Gasteiger partial charge in [0.1, 0.15) is 6.10 Å². The quantitative estimate of drug-likeness (QED) is 0.445. The van der Waals surface area contributed by atoms with E-state index in [9.17, 15) is 14.7 Å². The number of ketones is 1. The second kappa shape index (κ2) is 7.62. The molecule has 5 aliphatic rings. The maximum absolute atomic E-state index is 14.7. The molecule has 8 atom stereocenters. The fourth-order valence-corrected chi connectivity index (χ4v) is 8.93. The first kappa shape index (κ1) is 25.4. The Morgan fingerprint density at radius 2 is 1.92 bits per heavy atom. The average molecular weight is 528 g/mol. The van der Waals surface area contributed by atoms with E-state index in [2.05, 4.69) is 25.1 Å². The van der Waals surface area contributed by atoms with Crippen molar-refractivity contribution in [1.29, 1.82) is 0 Å². The van der Waals surface area contributed by atoms with E-state index < -0.39 is 35.0 Å². The number of nitrogens with zero attached hydrogens (tertiary/aromatic N) is 1. The van der Waals surface area contributed by atoms with Gasteiger partial charge < -0.3 is 19.3 Å². The van der Waals surface area contributed by atoms with Crippen molar-refractivity contribution in [3.8, 4) is 0 Å². The Hall–Kier alpha value is -1.87. The number of carbonyl (C=O) groups is 2. The van der Waals surface area contributed by atoms with Crippen LogP contribution in [0.1, 0.15) is 68.9 Å². The molecule has 37 heavy (non-hydrogen) atoms. The molecular formula is C29H37NO6S. The molecule has 7 nitrogen and oxygen atoms in total. The molecule has 8 heteroatoms. The minimum atomic E-state index is -1.81. The first-order valence-electron chi connectivity index (χ1n) is 13.3. The highest BCUT2D eigenvalue weighted by Crippen LogP contribution is 2.72. The third-order valence-corrected chi connectivity index (χ3v) is 11.0. The molecule has 1 aliphatic heterocycles. The summed E-state index contributed by atoms with van der Waals surface area (Å²) in [6.07, 6.45) is 2.84. The standard InChI is InChI=1S/C29H37NO6S/c1-13-11-28-14(2)9-19-21(26(19,5)6)18(22(28)31)10-17-12-34-27(7,8)36-24(17)29(28,33)23(13)35-25(32)20-15(3)30-37-16(20)4/h10-11,14,18-19,21,23-24,33H,9,12H2,1-8H3/t14-,18+,19-,21+,23+,24-,28+,29-/m1/s1. The van der Waals surface area contributed by atoms with Crippen molar-refractivity contribution < 1.29 is 28.9 Å². The van der Waals surface area contributed by atoms with E-state index in [0.29, 0.717) is 22.7 Å². The van der Waals surface area contributed by atoms with Gasteiger partial charge in [0, 0.05) is 10.8 Å². The van der Waals surface area contributed by atoms with Gasteiger partial charge in [-0.15, -0.1) is 0 Å². The number of hydrogen-bond donors (Lipinski definition) is 1. The van der Waals surface area contributed by atoms with Crippen LogP contribution in [0, 0.1) is 48.3 Å². The number of fused-ring (bicyclic) bond motifs is 5. The number of aliphatic hydroxyl groups is 1. The van der Waals surface area contributed by atoms with Gasteiger partial charge >= 0.3 is 5.97 Å². The molecule has 1 saturated heterocycles. The molecular weight excluding hydrogens is 490 g/mol. The van der Waals surface area contributed by atoms with Gasteiger partial charge in [0.15, 0.2) is 23.3 Å². The van der Waals surface area contributed by atoms with E-state index in [0.717, 1.165) is 16.9 Å². The molecule has 2 saturated carbocycles. The first-order valence-corrected chi connectivity index (χ1v) is 14.1. The molecule has 1 N–H and O–H groups in total. The fourth-order valence-electron chi connectivity index (χ4n) is 8.24. The van der Waals surface area contributed by atoms with E-state index in [4.69, 9.17) is 14.2 Å². The summed E-state index contributed by atoms with van der Waals surface area (Å²) in [7, 11) is 0. The maximum atomic E-state index is 14.7. The number of esters is 1. The van der Waals surface area contributed by atoms with Crippen molar-refractivity contribution >= 4 is 23.3 Å². The van der Waals surface area contributed by atoms with Crippen LogP contribution in [0.15, 0.2) is 23.3 Å². The lowest BCUT2D eigenvalue weighted by Gasteiger charge is -2.52. The van der Waals surface area contributed by atoms with Crippen molar-refractivity contribution in [2.24, 2.45) is 34.5 Å². The van der Waals surface area contributed by atoms with Crippen molar-refractivity contribution in [2.75, 3.05) is 6.61 Å². The summed E-state index contributed by atoms with van der Waals surface area (Å²) in [5.41, 5.74) is -0.559. The summed E-state index contributed by atoms with van der Waals surface area (Å²) < 4.78 is 23.0. The number of rotatable bonds is 2.